The molecule has 0 aliphatic carbocycles. The Morgan fingerprint density at radius 3 is 2.50 bits per heavy atom. The summed E-state index contributed by atoms with van der Waals surface area (Å²) in [6, 6.07) is 5.78. The Morgan fingerprint density at radius 2 is 1.89 bits per heavy atom. The second kappa shape index (κ2) is 11.4. The molecule has 38 heavy (non-hydrogen) atoms. The molecule has 5 rings (SSSR count). The molecule has 5 heterocycles. The lowest BCUT2D eigenvalue weighted by Gasteiger charge is -2.48. The quantitative estimate of drug-likeness (QED) is 0.623. The minimum absolute atomic E-state index is 0.117. The number of methoxy groups -OCH3 is 1. The number of nitrogens with one attached hydrogen (secondary N) is 1. The Balaban J connectivity index is 0.000000186. The smallest absolute Gasteiger partial charge is 0.384 e. The van der Waals surface area contributed by atoms with Gasteiger partial charge < -0.3 is 19.4 Å². The molecule has 204 valence electrons. The fourth-order valence-electron chi connectivity index (χ4n) is 5.18. The summed E-state index contributed by atoms with van der Waals surface area (Å²) < 4.78 is 43.0. The number of aromatic nitrogens is 3. The highest BCUT2D eigenvalue weighted by molar-refractivity contribution is 5.77. The van der Waals surface area contributed by atoms with Crippen LogP contribution in [0.1, 0.15) is 36.8 Å². The highest BCUT2D eigenvalue weighted by Gasteiger charge is 2.49. The van der Waals surface area contributed by atoms with E-state index in [4.69, 9.17) is 10.00 Å². The van der Waals surface area contributed by atoms with Crippen LogP contribution in [0.3, 0.4) is 0 Å². The van der Waals surface area contributed by atoms with Crippen LogP contribution in [0.2, 0.25) is 0 Å². The first-order valence-electron chi connectivity index (χ1n) is 12.4. The first-order chi connectivity index (χ1) is 18.2. The highest BCUT2D eigenvalue weighted by Crippen LogP contribution is 2.41. The molecule has 1 amide bonds. The van der Waals surface area contributed by atoms with E-state index in [-0.39, 0.29) is 17.0 Å². The number of carbonyl (C=O) groups is 1. The summed E-state index contributed by atoms with van der Waals surface area (Å²) in [7, 11) is 1.62. The summed E-state index contributed by atoms with van der Waals surface area (Å²) in [6.45, 7) is 5.12. The molecule has 1 N–H and O–H groups in total. The molecular weight excluding hydrogens is 503 g/mol. The fraction of sp³-hybridized carbons (Fsp3) is 0.560. The van der Waals surface area contributed by atoms with Gasteiger partial charge in [0.2, 0.25) is 5.91 Å². The van der Waals surface area contributed by atoms with E-state index in [9.17, 15) is 22.8 Å². The predicted molar refractivity (Wildman–Crippen MR) is 133 cm³/mol. The van der Waals surface area contributed by atoms with Crippen LogP contribution in [0.4, 0.5) is 24.7 Å². The van der Waals surface area contributed by atoms with Crippen molar-refractivity contribution in [3.8, 4) is 6.07 Å². The molecule has 2 aromatic heterocycles. The summed E-state index contributed by atoms with van der Waals surface area (Å²) in [5, 5.41) is 14.1. The molecule has 0 aromatic carbocycles. The van der Waals surface area contributed by atoms with E-state index in [1.807, 2.05) is 16.1 Å². The van der Waals surface area contributed by atoms with Gasteiger partial charge in [-0.3, -0.25) is 9.59 Å². The molecule has 0 bridgehead atoms. The van der Waals surface area contributed by atoms with Gasteiger partial charge in [0.25, 0.3) is 5.56 Å². The van der Waals surface area contributed by atoms with Gasteiger partial charge in [0, 0.05) is 58.0 Å². The van der Waals surface area contributed by atoms with E-state index >= 15 is 0 Å². The second-order valence-electron chi connectivity index (χ2n) is 9.83. The largest absolute Gasteiger partial charge is 0.423 e. The number of halogens is 3. The van der Waals surface area contributed by atoms with Crippen molar-refractivity contribution in [2.45, 2.75) is 31.9 Å². The average molecular weight is 534 g/mol. The van der Waals surface area contributed by atoms with E-state index in [2.05, 4.69) is 21.1 Å². The van der Waals surface area contributed by atoms with Gasteiger partial charge >= 0.3 is 6.18 Å². The number of amides is 1. The first-order valence-corrected chi connectivity index (χ1v) is 12.4. The van der Waals surface area contributed by atoms with Crippen LogP contribution in [0, 0.1) is 16.7 Å². The van der Waals surface area contributed by atoms with Crippen molar-refractivity contribution in [2.75, 3.05) is 62.8 Å². The summed E-state index contributed by atoms with van der Waals surface area (Å²) in [5.74, 6) is 1.10. The number of hydrogen-bond donors (Lipinski definition) is 1. The molecule has 0 atom stereocenters. The predicted octanol–water partition coefficient (Wildman–Crippen LogP) is 2.42. The van der Waals surface area contributed by atoms with E-state index in [1.54, 1.807) is 24.3 Å². The summed E-state index contributed by atoms with van der Waals surface area (Å²) in [4.78, 5) is 33.2. The first kappa shape index (κ1) is 27.4. The zero-order chi connectivity index (χ0) is 27.3. The molecule has 1 spiro atoms. The maximum Gasteiger partial charge on any atom is 0.423 e. The SMILES string of the molecule is COCCC(=O)N1CC2(CCN(c3ccc(C#N)cn3)C2)C1.O=c1[nH]ncc(N2CCCC2)c1C(F)(F)F. The zero-order valence-electron chi connectivity index (χ0n) is 21.1. The number of aromatic amines is 1. The summed E-state index contributed by atoms with van der Waals surface area (Å²) in [6.07, 6.45) is 1.26. The molecule has 3 saturated heterocycles. The molecule has 0 radical (unpaired) electrons. The number of ether oxygens (including phenoxy) is 1. The van der Waals surface area contributed by atoms with Gasteiger partial charge in [-0.2, -0.15) is 23.5 Å². The molecule has 13 heteroatoms. The van der Waals surface area contributed by atoms with Gasteiger partial charge in [0.15, 0.2) is 0 Å². The third-order valence-electron chi connectivity index (χ3n) is 7.13. The number of anilines is 2. The van der Waals surface area contributed by atoms with Gasteiger partial charge in [-0.15, -0.1) is 0 Å². The van der Waals surface area contributed by atoms with Gasteiger partial charge in [0.05, 0.1) is 30.5 Å². The van der Waals surface area contributed by atoms with Crippen LogP contribution in [0.5, 0.6) is 0 Å². The standard InChI is InChI=1S/C16H20N4O2.C9H10F3N3O/c1-22-7-4-15(21)20-11-16(12-20)5-6-19(10-16)14-3-2-13(8-17)9-18-14;10-9(11,12)7-6(5-13-14-8(7)16)15-3-1-2-4-15/h2-3,9H,4-7,10-12H2,1H3;5H,1-4H2,(H,14,16). The highest BCUT2D eigenvalue weighted by atomic mass is 19.4. The van der Waals surface area contributed by atoms with Crippen LogP contribution >= 0.6 is 0 Å². The van der Waals surface area contributed by atoms with Gasteiger partial charge in [-0.25, -0.2) is 10.1 Å². The average Bonchev–Trinajstić information content (AvgIpc) is 3.57. The minimum atomic E-state index is -4.64. The van der Waals surface area contributed by atoms with Gasteiger partial charge in [0.1, 0.15) is 17.5 Å². The Hall–Kier alpha value is -3.66. The van der Waals surface area contributed by atoms with Crippen LogP contribution in [-0.2, 0) is 15.7 Å². The topological polar surface area (TPSA) is 118 Å². The third-order valence-corrected chi connectivity index (χ3v) is 7.13. The summed E-state index contributed by atoms with van der Waals surface area (Å²) >= 11 is 0. The molecule has 3 fully saturated rings. The number of alkyl halides is 3. The monoisotopic (exact) mass is 533 g/mol. The van der Waals surface area contributed by atoms with Crippen molar-refractivity contribution < 1.29 is 22.7 Å². The van der Waals surface area contributed by atoms with Gasteiger partial charge in [-0.1, -0.05) is 0 Å². The number of pyridine rings is 1. The molecule has 0 saturated carbocycles. The lowest BCUT2D eigenvalue weighted by atomic mass is 9.79. The zero-order valence-corrected chi connectivity index (χ0v) is 21.1. The Morgan fingerprint density at radius 1 is 1.16 bits per heavy atom. The van der Waals surface area contributed by atoms with Crippen molar-refractivity contribution in [2.24, 2.45) is 5.41 Å². The van der Waals surface area contributed by atoms with Crippen molar-refractivity contribution in [1.29, 1.82) is 5.26 Å². The van der Waals surface area contributed by atoms with Crippen molar-refractivity contribution in [3.63, 3.8) is 0 Å². The Kier molecular flexibility index (Phi) is 8.20. The lowest BCUT2D eigenvalue weighted by Crippen LogP contribution is -2.59. The Labute approximate surface area is 218 Å². The van der Waals surface area contributed by atoms with Crippen molar-refractivity contribution in [3.05, 3.63) is 46.0 Å². The normalized spacial score (nSPS) is 18.1. The molecule has 10 nitrogen and oxygen atoms in total. The summed E-state index contributed by atoms with van der Waals surface area (Å²) in [5.41, 5.74) is -1.65. The van der Waals surface area contributed by atoms with Crippen LogP contribution in [0.15, 0.2) is 29.3 Å². The maximum absolute atomic E-state index is 12.7. The number of nitriles is 1. The van der Waals surface area contributed by atoms with Crippen LogP contribution in [0.25, 0.3) is 0 Å². The van der Waals surface area contributed by atoms with Crippen molar-refractivity contribution >= 4 is 17.4 Å². The number of carbonyl (C=O) groups excluding carboxylic acids is 1. The van der Waals surface area contributed by atoms with Crippen LogP contribution in [-0.4, -0.2) is 79.0 Å². The van der Waals surface area contributed by atoms with Gasteiger partial charge in [-0.05, 0) is 31.4 Å². The van der Waals surface area contributed by atoms with E-state index < -0.39 is 17.3 Å². The fourth-order valence-corrected chi connectivity index (χ4v) is 5.18. The van der Waals surface area contributed by atoms with Crippen molar-refractivity contribution in [1.82, 2.24) is 20.1 Å². The Bertz CT molecular complexity index is 1210. The lowest BCUT2D eigenvalue weighted by molar-refractivity contribution is -0.143. The third kappa shape index (κ3) is 6.07. The number of H-pyrrole nitrogens is 1. The maximum atomic E-state index is 12.7. The van der Waals surface area contributed by atoms with E-state index in [0.29, 0.717) is 31.7 Å². The number of hydrogen-bond acceptors (Lipinski definition) is 8. The van der Waals surface area contributed by atoms with E-state index in [0.717, 1.165) is 57.5 Å². The molecule has 0 unspecified atom stereocenters. The number of nitrogens with zero attached hydrogens (tertiary/aromatic N) is 6. The molecule has 3 aliphatic heterocycles. The molecule has 3 aliphatic rings. The number of likely N-dealkylation sites (tertiary alicyclic amines) is 1. The van der Waals surface area contributed by atoms with Crippen LogP contribution < -0.4 is 15.4 Å². The number of rotatable bonds is 5. The second-order valence-corrected chi connectivity index (χ2v) is 9.83. The minimum Gasteiger partial charge on any atom is -0.384 e. The molecule has 2 aromatic rings. The molecular formula is C25H30F3N7O3. The van der Waals surface area contributed by atoms with E-state index in [1.165, 1.54) is 0 Å².